The molecule has 0 unspecified atom stereocenters. The van der Waals surface area contributed by atoms with Crippen LogP contribution in [0.15, 0.2) is 0 Å². The molecule has 1 amide bonds. The standard InChI is InChI=1S/C15H24N4O/c16-14(20)10-13-15(12-6-1-2-7-12)19(18-17-13)9-8-11-4-3-5-11/h11-12H,1-10H2,(H2,16,20). The number of nitrogens with zero attached hydrogens (tertiary/aromatic N) is 3. The topological polar surface area (TPSA) is 73.8 Å². The van der Waals surface area contributed by atoms with Crippen LogP contribution in [0, 0.1) is 5.92 Å². The molecule has 0 spiro atoms. The average Bonchev–Trinajstić information content (AvgIpc) is 2.95. The van der Waals surface area contributed by atoms with Crippen molar-refractivity contribution < 1.29 is 4.79 Å². The van der Waals surface area contributed by atoms with Crippen LogP contribution in [-0.4, -0.2) is 20.9 Å². The summed E-state index contributed by atoms with van der Waals surface area (Å²) in [5.74, 6) is 1.09. The van der Waals surface area contributed by atoms with Gasteiger partial charge in [-0.05, 0) is 25.2 Å². The molecule has 0 atom stereocenters. The Bertz CT molecular complexity index is 472. The summed E-state index contributed by atoms with van der Waals surface area (Å²) in [4.78, 5) is 11.2. The highest BCUT2D eigenvalue weighted by Crippen LogP contribution is 2.36. The van der Waals surface area contributed by atoms with Gasteiger partial charge in [-0.3, -0.25) is 4.79 Å². The zero-order valence-electron chi connectivity index (χ0n) is 12.1. The number of hydrogen-bond donors (Lipinski definition) is 1. The summed E-state index contributed by atoms with van der Waals surface area (Å²) in [6.07, 6.45) is 10.5. The molecule has 0 aliphatic heterocycles. The van der Waals surface area contributed by atoms with Crippen molar-refractivity contribution in [3.05, 3.63) is 11.4 Å². The fraction of sp³-hybridized carbons (Fsp3) is 0.800. The monoisotopic (exact) mass is 276 g/mol. The van der Waals surface area contributed by atoms with Gasteiger partial charge in [-0.1, -0.05) is 37.3 Å². The first-order valence-corrected chi connectivity index (χ1v) is 7.94. The minimum absolute atomic E-state index is 0.231. The van der Waals surface area contributed by atoms with E-state index in [1.54, 1.807) is 0 Å². The number of aryl methyl sites for hydroxylation is 1. The van der Waals surface area contributed by atoms with Gasteiger partial charge in [0, 0.05) is 12.5 Å². The second-order valence-corrected chi connectivity index (χ2v) is 6.35. The van der Waals surface area contributed by atoms with Gasteiger partial charge in [0.1, 0.15) is 0 Å². The lowest BCUT2D eigenvalue weighted by Gasteiger charge is -2.25. The molecule has 2 N–H and O–H groups in total. The Morgan fingerprint density at radius 2 is 1.95 bits per heavy atom. The molecule has 2 fully saturated rings. The third kappa shape index (κ3) is 2.86. The zero-order chi connectivity index (χ0) is 13.9. The smallest absolute Gasteiger partial charge is 0.223 e. The number of carbonyl (C=O) groups is 1. The first kappa shape index (κ1) is 13.6. The van der Waals surface area contributed by atoms with Crippen molar-refractivity contribution in [3.8, 4) is 0 Å². The van der Waals surface area contributed by atoms with Gasteiger partial charge < -0.3 is 5.73 Å². The van der Waals surface area contributed by atoms with E-state index in [0.29, 0.717) is 5.92 Å². The van der Waals surface area contributed by atoms with E-state index in [9.17, 15) is 4.79 Å². The van der Waals surface area contributed by atoms with Gasteiger partial charge >= 0.3 is 0 Å². The van der Waals surface area contributed by atoms with E-state index in [1.165, 1.54) is 57.1 Å². The third-order valence-electron chi connectivity index (χ3n) is 4.90. The first-order chi connectivity index (χ1) is 9.74. The van der Waals surface area contributed by atoms with Crippen molar-refractivity contribution in [2.45, 2.75) is 70.3 Å². The first-order valence-electron chi connectivity index (χ1n) is 7.94. The van der Waals surface area contributed by atoms with Crippen LogP contribution in [0.3, 0.4) is 0 Å². The lowest BCUT2D eigenvalue weighted by molar-refractivity contribution is -0.117. The van der Waals surface area contributed by atoms with Gasteiger partial charge in [0.05, 0.1) is 17.8 Å². The largest absolute Gasteiger partial charge is 0.369 e. The number of rotatable bonds is 6. The summed E-state index contributed by atoms with van der Waals surface area (Å²) < 4.78 is 2.06. The molecule has 5 nitrogen and oxygen atoms in total. The Balaban J connectivity index is 1.76. The fourth-order valence-electron chi connectivity index (χ4n) is 3.54. The molecule has 0 aromatic carbocycles. The van der Waals surface area contributed by atoms with Crippen molar-refractivity contribution in [1.82, 2.24) is 15.0 Å². The van der Waals surface area contributed by atoms with Crippen LogP contribution < -0.4 is 5.73 Å². The molecule has 2 aliphatic rings. The van der Waals surface area contributed by atoms with E-state index in [2.05, 4.69) is 15.0 Å². The van der Waals surface area contributed by atoms with Crippen molar-refractivity contribution in [2.75, 3.05) is 0 Å². The molecule has 20 heavy (non-hydrogen) atoms. The summed E-state index contributed by atoms with van der Waals surface area (Å²) in [5.41, 5.74) is 7.35. The molecule has 1 heterocycles. The third-order valence-corrected chi connectivity index (χ3v) is 4.90. The lowest BCUT2D eigenvalue weighted by Crippen LogP contribution is -2.18. The summed E-state index contributed by atoms with van der Waals surface area (Å²) in [7, 11) is 0. The number of aromatic nitrogens is 3. The van der Waals surface area contributed by atoms with Gasteiger partial charge in [-0.15, -0.1) is 5.10 Å². The van der Waals surface area contributed by atoms with Crippen LogP contribution in [-0.2, 0) is 17.8 Å². The SMILES string of the molecule is NC(=O)Cc1nnn(CCC2CCC2)c1C1CCCC1. The van der Waals surface area contributed by atoms with E-state index in [4.69, 9.17) is 5.73 Å². The number of nitrogens with two attached hydrogens (primary N) is 1. The molecule has 1 aromatic heterocycles. The summed E-state index contributed by atoms with van der Waals surface area (Å²) in [6.45, 7) is 0.947. The van der Waals surface area contributed by atoms with Crippen LogP contribution in [0.1, 0.15) is 68.7 Å². The number of amides is 1. The quantitative estimate of drug-likeness (QED) is 0.865. The Labute approximate surface area is 119 Å². The van der Waals surface area contributed by atoms with Gasteiger partial charge in [0.2, 0.25) is 5.91 Å². The highest BCUT2D eigenvalue weighted by atomic mass is 16.1. The number of carbonyl (C=O) groups excluding carboxylic acids is 1. The van der Waals surface area contributed by atoms with Gasteiger partial charge in [-0.25, -0.2) is 4.68 Å². The van der Waals surface area contributed by atoms with Crippen molar-refractivity contribution in [3.63, 3.8) is 0 Å². The second kappa shape index (κ2) is 5.94. The summed E-state index contributed by atoms with van der Waals surface area (Å²) in [5, 5.41) is 8.54. The van der Waals surface area contributed by atoms with E-state index in [1.807, 2.05) is 0 Å². The van der Waals surface area contributed by atoms with Crippen LogP contribution in [0.5, 0.6) is 0 Å². The summed E-state index contributed by atoms with van der Waals surface area (Å²) >= 11 is 0. The molecule has 3 rings (SSSR count). The lowest BCUT2D eigenvalue weighted by atomic mass is 9.83. The Hall–Kier alpha value is -1.39. The van der Waals surface area contributed by atoms with E-state index < -0.39 is 0 Å². The molecule has 0 radical (unpaired) electrons. The molecule has 2 saturated carbocycles. The zero-order valence-corrected chi connectivity index (χ0v) is 12.1. The van der Waals surface area contributed by atoms with Crippen LogP contribution in [0.4, 0.5) is 0 Å². The maximum atomic E-state index is 11.2. The molecule has 2 aliphatic carbocycles. The number of primary amides is 1. The molecule has 5 heteroatoms. The van der Waals surface area contributed by atoms with Crippen molar-refractivity contribution in [2.24, 2.45) is 11.7 Å². The molecule has 0 bridgehead atoms. The van der Waals surface area contributed by atoms with E-state index >= 15 is 0 Å². The predicted octanol–water partition coefficient (Wildman–Crippen LogP) is 2.15. The highest BCUT2D eigenvalue weighted by Gasteiger charge is 2.27. The van der Waals surface area contributed by atoms with Crippen molar-refractivity contribution >= 4 is 5.91 Å². The minimum Gasteiger partial charge on any atom is -0.369 e. The average molecular weight is 276 g/mol. The minimum atomic E-state index is -0.310. The molecule has 1 aromatic rings. The molecular weight excluding hydrogens is 252 g/mol. The fourth-order valence-corrected chi connectivity index (χ4v) is 3.54. The Morgan fingerprint density at radius 3 is 2.55 bits per heavy atom. The van der Waals surface area contributed by atoms with Crippen molar-refractivity contribution in [1.29, 1.82) is 0 Å². The van der Waals surface area contributed by atoms with E-state index in [0.717, 1.165) is 18.2 Å². The molecule has 110 valence electrons. The molecule has 0 saturated heterocycles. The summed E-state index contributed by atoms with van der Waals surface area (Å²) in [6, 6.07) is 0. The van der Waals surface area contributed by atoms with Crippen LogP contribution in [0.2, 0.25) is 0 Å². The van der Waals surface area contributed by atoms with Gasteiger partial charge in [0.15, 0.2) is 0 Å². The Kier molecular flexibility index (Phi) is 4.03. The van der Waals surface area contributed by atoms with E-state index in [-0.39, 0.29) is 12.3 Å². The second-order valence-electron chi connectivity index (χ2n) is 6.35. The predicted molar refractivity (Wildman–Crippen MR) is 76.1 cm³/mol. The van der Waals surface area contributed by atoms with Gasteiger partial charge in [-0.2, -0.15) is 0 Å². The maximum absolute atomic E-state index is 11.2. The maximum Gasteiger partial charge on any atom is 0.223 e. The van der Waals surface area contributed by atoms with Crippen LogP contribution >= 0.6 is 0 Å². The molecular formula is C15H24N4O. The number of hydrogen-bond acceptors (Lipinski definition) is 3. The van der Waals surface area contributed by atoms with Crippen LogP contribution in [0.25, 0.3) is 0 Å². The highest BCUT2D eigenvalue weighted by molar-refractivity contribution is 5.76. The van der Waals surface area contributed by atoms with Gasteiger partial charge in [0.25, 0.3) is 0 Å². The Morgan fingerprint density at radius 1 is 1.20 bits per heavy atom. The normalized spacial score (nSPS) is 20.2.